The van der Waals surface area contributed by atoms with E-state index in [0.29, 0.717) is 17.9 Å². The molecule has 0 aliphatic heterocycles. The summed E-state index contributed by atoms with van der Waals surface area (Å²) in [4.78, 5) is 12.8. The minimum Gasteiger partial charge on any atom is -0.496 e. The van der Waals surface area contributed by atoms with Crippen LogP contribution in [-0.2, 0) is 13.0 Å². The zero-order valence-corrected chi connectivity index (χ0v) is 19.7. The monoisotopic (exact) mass is 431 g/mol. The number of carbonyl (C=O) groups is 1. The summed E-state index contributed by atoms with van der Waals surface area (Å²) in [5, 5.41) is 3.11. The molecule has 0 radical (unpaired) electrons. The summed E-state index contributed by atoms with van der Waals surface area (Å²) in [6.07, 6.45) is 1.81. The lowest BCUT2D eigenvalue weighted by Gasteiger charge is -2.17. The number of hydrogen-bond donors (Lipinski definition) is 1. The maximum Gasteiger partial charge on any atom is 0.251 e. The van der Waals surface area contributed by atoms with Crippen molar-refractivity contribution >= 4 is 5.91 Å². The number of hydrogen-bond acceptors (Lipinski definition) is 3. The number of benzene rings is 3. The van der Waals surface area contributed by atoms with E-state index in [0.717, 1.165) is 35.3 Å². The van der Waals surface area contributed by atoms with Crippen molar-refractivity contribution in [2.45, 2.75) is 53.2 Å². The number of ether oxygens (including phenoxy) is 2. The van der Waals surface area contributed by atoms with Crippen molar-refractivity contribution in [2.24, 2.45) is 0 Å². The lowest BCUT2D eigenvalue weighted by Crippen LogP contribution is -2.33. The quantitative estimate of drug-likeness (QED) is 0.455. The van der Waals surface area contributed by atoms with E-state index >= 15 is 0 Å². The van der Waals surface area contributed by atoms with Gasteiger partial charge in [-0.05, 0) is 87.1 Å². The summed E-state index contributed by atoms with van der Waals surface area (Å²) in [5.74, 6) is 1.48. The molecule has 3 rings (SSSR count). The molecule has 0 heterocycles. The van der Waals surface area contributed by atoms with Gasteiger partial charge in [-0.3, -0.25) is 4.79 Å². The van der Waals surface area contributed by atoms with Gasteiger partial charge in [-0.1, -0.05) is 36.4 Å². The molecule has 3 aromatic carbocycles. The number of nitrogens with one attached hydrogen (secondary N) is 1. The Labute approximate surface area is 191 Å². The van der Waals surface area contributed by atoms with E-state index < -0.39 is 0 Å². The fraction of sp³-hybridized carbons (Fsp3) is 0.321. The predicted molar refractivity (Wildman–Crippen MR) is 130 cm³/mol. The van der Waals surface area contributed by atoms with Crippen LogP contribution in [0.3, 0.4) is 0 Å². The predicted octanol–water partition coefficient (Wildman–Crippen LogP) is 5.95. The van der Waals surface area contributed by atoms with Gasteiger partial charge in [0, 0.05) is 17.2 Å². The van der Waals surface area contributed by atoms with Crippen molar-refractivity contribution in [2.75, 3.05) is 7.11 Å². The zero-order chi connectivity index (χ0) is 23.1. The number of carbonyl (C=O) groups excluding carboxylic acids is 1. The first-order chi connectivity index (χ1) is 15.4. The highest BCUT2D eigenvalue weighted by molar-refractivity contribution is 5.94. The van der Waals surface area contributed by atoms with E-state index in [9.17, 15) is 4.79 Å². The molecule has 0 aromatic heterocycles. The normalized spacial score (nSPS) is 11.7. The fourth-order valence-corrected chi connectivity index (χ4v) is 3.75. The second-order valence-corrected chi connectivity index (χ2v) is 8.42. The summed E-state index contributed by atoms with van der Waals surface area (Å²) in [5.41, 5.74) is 6.20. The highest BCUT2D eigenvalue weighted by Gasteiger charge is 2.14. The topological polar surface area (TPSA) is 47.6 Å². The van der Waals surface area contributed by atoms with Gasteiger partial charge < -0.3 is 14.8 Å². The molecule has 1 amide bonds. The Balaban J connectivity index is 1.66. The van der Waals surface area contributed by atoms with Crippen molar-refractivity contribution in [1.82, 2.24) is 5.32 Å². The van der Waals surface area contributed by atoms with Crippen LogP contribution in [0.2, 0.25) is 0 Å². The molecule has 1 N–H and O–H groups in total. The fourth-order valence-electron chi connectivity index (χ4n) is 3.75. The molecule has 1 atom stereocenters. The Hall–Kier alpha value is -3.27. The van der Waals surface area contributed by atoms with Gasteiger partial charge >= 0.3 is 0 Å². The molecule has 3 aromatic rings. The van der Waals surface area contributed by atoms with Crippen LogP contribution in [0, 0.1) is 20.8 Å². The van der Waals surface area contributed by atoms with Crippen LogP contribution < -0.4 is 14.8 Å². The van der Waals surface area contributed by atoms with Crippen molar-refractivity contribution in [3.8, 4) is 11.5 Å². The van der Waals surface area contributed by atoms with Gasteiger partial charge in [-0.25, -0.2) is 0 Å². The van der Waals surface area contributed by atoms with Gasteiger partial charge in [0.1, 0.15) is 18.1 Å². The third kappa shape index (κ3) is 6.13. The van der Waals surface area contributed by atoms with Crippen LogP contribution >= 0.6 is 0 Å². The van der Waals surface area contributed by atoms with Crippen molar-refractivity contribution in [3.05, 3.63) is 94.0 Å². The molecule has 0 aliphatic rings. The first-order valence-corrected chi connectivity index (χ1v) is 11.1. The van der Waals surface area contributed by atoms with Gasteiger partial charge in [0.15, 0.2) is 0 Å². The molecule has 32 heavy (non-hydrogen) atoms. The molecule has 168 valence electrons. The Morgan fingerprint density at radius 1 is 0.969 bits per heavy atom. The Bertz CT molecular complexity index is 1060. The largest absolute Gasteiger partial charge is 0.496 e. The van der Waals surface area contributed by atoms with Gasteiger partial charge in [0.05, 0.1) is 7.11 Å². The molecule has 0 spiro atoms. The lowest BCUT2D eigenvalue weighted by molar-refractivity contribution is 0.0938. The molecular weight excluding hydrogens is 398 g/mol. The van der Waals surface area contributed by atoms with E-state index in [1.165, 1.54) is 11.1 Å². The minimum atomic E-state index is -0.0861. The highest BCUT2D eigenvalue weighted by atomic mass is 16.5. The molecule has 1 unspecified atom stereocenters. The summed E-state index contributed by atoms with van der Waals surface area (Å²) in [7, 11) is 1.63. The molecule has 0 saturated heterocycles. The number of amides is 1. The zero-order valence-electron chi connectivity index (χ0n) is 19.7. The molecule has 4 heteroatoms. The Morgan fingerprint density at radius 3 is 2.44 bits per heavy atom. The third-order valence-corrected chi connectivity index (χ3v) is 5.78. The maximum absolute atomic E-state index is 12.8. The summed E-state index contributed by atoms with van der Waals surface area (Å²) < 4.78 is 11.6. The Morgan fingerprint density at radius 2 is 1.72 bits per heavy atom. The summed E-state index contributed by atoms with van der Waals surface area (Å²) >= 11 is 0. The van der Waals surface area contributed by atoms with Crippen LogP contribution in [0.25, 0.3) is 0 Å². The second-order valence-electron chi connectivity index (χ2n) is 8.42. The van der Waals surface area contributed by atoms with Gasteiger partial charge in [-0.2, -0.15) is 0 Å². The number of aryl methyl sites for hydroxylation is 3. The van der Waals surface area contributed by atoms with Gasteiger partial charge in [-0.15, -0.1) is 0 Å². The average Bonchev–Trinajstić information content (AvgIpc) is 2.79. The summed E-state index contributed by atoms with van der Waals surface area (Å²) in [6.45, 7) is 8.57. The second kappa shape index (κ2) is 10.9. The van der Waals surface area contributed by atoms with Crippen molar-refractivity contribution < 1.29 is 14.3 Å². The SMILES string of the molecule is COc1ccc(C(=O)NC(C)CCc2ccccc2)cc1COc1cc(C)cc(C)c1C. The molecular formula is C28H33NO3. The van der Waals surface area contributed by atoms with Crippen molar-refractivity contribution in [1.29, 1.82) is 0 Å². The summed E-state index contributed by atoms with van der Waals surface area (Å²) in [6, 6.07) is 20.1. The molecule has 4 nitrogen and oxygen atoms in total. The first-order valence-electron chi connectivity index (χ1n) is 11.1. The molecule has 0 saturated carbocycles. The number of rotatable bonds is 9. The Kier molecular flexibility index (Phi) is 7.93. The molecule has 0 fully saturated rings. The average molecular weight is 432 g/mol. The van der Waals surface area contributed by atoms with E-state index in [2.05, 4.69) is 44.3 Å². The first kappa shape index (κ1) is 23.4. The molecule has 0 aliphatic carbocycles. The smallest absolute Gasteiger partial charge is 0.251 e. The minimum absolute atomic E-state index is 0.0717. The van der Waals surface area contributed by atoms with Crippen LogP contribution in [0.1, 0.15) is 51.5 Å². The van der Waals surface area contributed by atoms with E-state index in [1.54, 1.807) is 13.2 Å². The maximum atomic E-state index is 12.8. The van der Waals surface area contributed by atoms with Crippen molar-refractivity contribution in [3.63, 3.8) is 0 Å². The van der Waals surface area contributed by atoms with Crippen LogP contribution in [0.15, 0.2) is 60.7 Å². The highest BCUT2D eigenvalue weighted by Crippen LogP contribution is 2.27. The third-order valence-electron chi connectivity index (χ3n) is 5.78. The standard InChI is InChI=1S/C28H33NO3/c1-19-15-20(2)22(4)27(16-19)32-18-25-17-24(13-14-26(25)31-5)28(30)29-21(3)11-12-23-9-7-6-8-10-23/h6-10,13-17,21H,11-12,18H2,1-5H3,(H,29,30). The molecule has 0 bridgehead atoms. The van der Waals surface area contributed by atoms with Crippen LogP contribution in [-0.4, -0.2) is 19.1 Å². The van der Waals surface area contributed by atoms with Crippen LogP contribution in [0.4, 0.5) is 0 Å². The van der Waals surface area contributed by atoms with E-state index in [1.807, 2.05) is 43.3 Å². The lowest BCUT2D eigenvalue weighted by atomic mass is 10.0. The van der Waals surface area contributed by atoms with E-state index in [-0.39, 0.29) is 11.9 Å². The van der Waals surface area contributed by atoms with Gasteiger partial charge in [0.25, 0.3) is 5.91 Å². The number of methoxy groups -OCH3 is 1. The van der Waals surface area contributed by atoms with E-state index in [4.69, 9.17) is 9.47 Å². The van der Waals surface area contributed by atoms with Gasteiger partial charge in [0.2, 0.25) is 0 Å². The van der Waals surface area contributed by atoms with Crippen LogP contribution in [0.5, 0.6) is 11.5 Å².